The van der Waals surface area contributed by atoms with E-state index in [2.05, 4.69) is 0 Å². The molecule has 0 bridgehead atoms. The van der Waals surface area contributed by atoms with E-state index in [-0.39, 0.29) is 37.3 Å². The van der Waals surface area contributed by atoms with Gasteiger partial charge in [0.05, 0.1) is 11.1 Å². The van der Waals surface area contributed by atoms with Crippen LogP contribution in [0, 0.1) is 0 Å². The average Bonchev–Trinajstić information content (AvgIpc) is 2.55. The van der Waals surface area contributed by atoms with Crippen molar-refractivity contribution in [3.63, 3.8) is 0 Å². The molecule has 0 aromatic heterocycles. The van der Waals surface area contributed by atoms with Crippen LogP contribution in [0.3, 0.4) is 0 Å². The van der Waals surface area contributed by atoms with Gasteiger partial charge in [0, 0.05) is 26.2 Å². The number of hydrogen-bond donors (Lipinski definition) is 6. The summed E-state index contributed by atoms with van der Waals surface area (Å²) in [5, 5.41) is 52.1. The molecule has 0 radical (unpaired) electrons. The molecule has 6 N–H and O–H groups in total. The number of phenols is 2. The summed E-state index contributed by atoms with van der Waals surface area (Å²) in [5.74, 6) is -6.08. The minimum Gasteiger partial charge on any atom is -0.507 e. The summed E-state index contributed by atoms with van der Waals surface area (Å²) in [5.41, 5.74) is -1.18. The number of carboxylic acids is 4. The Morgan fingerprint density at radius 3 is 1.07 bits per heavy atom. The summed E-state index contributed by atoms with van der Waals surface area (Å²) < 4.78 is 0. The van der Waals surface area contributed by atoms with Gasteiger partial charge in [0.2, 0.25) is 0 Å². The number of aromatic carboxylic acids is 4. The smallest absolute Gasteiger partial charge is 0.339 e. The average molecular weight is 455 g/mol. The van der Waals surface area contributed by atoms with Crippen LogP contribution >= 0.6 is 0 Å². The van der Waals surface area contributed by atoms with Gasteiger partial charge in [0.25, 0.3) is 0 Å². The number of hydrogen-bond acceptors (Lipinski definition) is 6. The second-order valence-corrected chi connectivity index (χ2v) is 4.68. The maximum absolute atomic E-state index is 10.4. The van der Waals surface area contributed by atoms with Crippen LogP contribution in [0.4, 0.5) is 0 Å². The molecule has 2 aromatic rings. The number of carbonyl (C=O) groups is 4. The quantitative estimate of drug-likeness (QED) is 0.394. The van der Waals surface area contributed by atoms with Crippen molar-refractivity contribution in [1.29, 1.82) is 0 Å². The van der Waals surface area contributed by atoms with Gasteiger partial charge >= 0.3 is 23.9 Å². The maximum Gasteiger partial charge on any atom is 0.339 e. The molecule has 0 unspecified atom stereocenters. The predicted molar refractivity (Wildman–Crippen MR) is 84.1 cm³/mol. The van der Waals surface area contributed by atoms with Crippen LogP contribution in [-0.4, -0.2) is 54.5 Å². The fraction of sp³-hybridized carbons (Fsp3) is 0. The minimum absolute atomic E-state index is 0. The third kappa shape index (κ3) is 6.55. The molecule has 0 aliphatic carbocycles. The summed E-state index contributed by atoms with van der Waals surface area (Å²) in [6.07, 6.45) is 0. The molecule has 11 heteroatoms. The van der Waals surface area contributed by atoms with Crippen LogP contribution in [0.5, 0.6) is 11.5 Å². The van der Waals surface area contributed by atoms with E-state index in [1.807, 2.05) is 0 Å². The van der Waals surface area contributed by atoms with E-state index in [4.69, 9.17) is 30.6 Å². The zero-order valence-corrected chi connectivity index (χ0v) is 15.7. The molecule has 0 fully saturated rings. The molecule has 0 saturated heterocycles. The van der Waals surface area contributed by atoms with Gasteiger partial charge in [-0.1, -0.05) is 0 Å². The molecule has 0 aliphatic rings. The predicted octanol–water partition coefficient (Wildman–Crippen LogP) is 1.57. The molecular formula is C16H12O10Zr. The Labute approximate surface area is 170 Å². The molecule has 27 heavy (non-hydrogen) atoms. The Morgan fingerprint density at radius 2 is 0.852 bits per heavy atom. The van der Waals surface area contributed by atoms with Crippen molar-refractivity contribution >= 4 is 23.9 Å². The van der Waals surface area contributed by atoms with Crippen molar-refractivity contribution in [2.75, 3.05) is 0 Å². The standard InChI is InChI=1S/2C8H6O5.Zr/c2*9-6-2-1-4(7(10)11)3-5(6)8(12)13;/h2*1-3,9H,(H,10,11)(H,12,13);. The van der Waals surface area contributed by atoms with Crippen molar-refractivity contribution < 1.29 is 76.0 Å². The second kappa shape index (κ2) is 10.1. The molecule has 0 atom stereocenters. The summed E-state index contributed by atoms with van der Waals surface area (Å²) in [6, 6.07) is 6.13. The van der Waals surface area contributed by atoms with Crippen molar-refractivity contribution in [2.24, 2.45) is 0 Å². The van der Waals surface area contributed by atoms with Crippen molar-refractivity contribution in [3.05, 3.63) is 58.7 Å². The number of carboxylic acid groups (broad SMARTS) is 4. The fourth-order valence-corrected chi connectivity index (χ4v) is 1.68. The Hall–Kier alpha value is -3.20. The number of aromatic hydroxyl groups is 2. The van der Waals surface area contributed by atoms with Crippen molar-refractivity contribution in [3.8, 4) is 11.5 Å². The van der Waals surface area contributed by atoms with Crippen LogP contribution < -0.4 is 0 Å². The van der Waals surface area contributed by atoms with E-state index in [0.717, 1.165) is 36.4 Å². The SMILES string of the molecule is O=C(O)c1ccc(O)c(C(=O)O)c1.O=C(O)c1ccc(O)c(C(=O)O)c1.[Zr]. The van der Waals surface area contributed by atoms with Gasteiger partial charge in [-0.2, -0.15) is 0 Å². The van der Waals surface area contributed by atoms with Crippen molar-refractivity contribution in [2.45, 2.75) is 0 Å². The topological polar surface area (TPSA) is 190 Å². The van der Waals surface area contributed by atoms with E-state index in [1.165, 1.54) is 0 Å². The first-order valence-electron chi connectivity index (χ1n) is 6.63. The molecule has 0 spiro atoms. The summed E-state index contributed by atoms with van der Waals surface area (Å²) in [7, 11) is 0. The molecule has 0 aliphatic heterocycles. The van der Waals surface area contributed by atoms with Gasteiger partial charge in [-0.15, -0.1) is 0 Å². The van der Waals surface area contributed by atoms with Gasteiger partial charge in [0.1, 0.15) is 22.6 Å². The van der Waals surface area contributed by atoms with Gasteiger partial charge in [-0.3, -0.25) is 0 Å². The first kappa shape index (κ1) is 23.8. The summed E-state index contributed by atoms with van der Waals surface area (Å²) in [4.78, 5) is 41.7. The van der Waals surface area contributed by atoms with E-state index < -0.39 is 46.5 Å². The number of rotatable bonds is 4. The van der Waals surface area contributed by atoms with Gasteiger partial charge in [0.15, 0.2) is 0 Å². The van der Waals surface area contributed by atoms with Crippen LogP contribution in [-0.2, 0) is 26.2 Å². The third-order valence-corrected chi connectivity index (χ3v) is 2.95. The molecule has 140 valence electrons. The second-order valence-electron chi connectivity index (χ2n) is 4.68. The third-order valence-electron chi connectivity index (χ3n) is 2.95. The van der Waals surface area contributed by atoms with Crippen molar-refractivity contribution in [1.82, 2.24) is 0 Å². The molecule has 0 saturated carbocycles. The van der Waals surface area contributed by atoms with E-state index in [1.54, 1.807) is 0 Å². The minimum atomic E-state index is -1.36. The summed E-state index contributed by atoms with van der Waals surface area (Å²) >= 11 is 0. The Balaban J connectivity index is 0.000000483. The van der Waals surface area contributed by atoms with Crippen LogP contribution in [0.15, 0.2) is 36.4 Å². The fourth-order valence-electron chi connectivity index (χ4n) is 1.68. The van der Waals surface area contributed by atoms with Gasteiger partial charge < -0.3 is 30.6 Å². The first-order valence-corrected chi connectivity index (χ1v) is 6.63. The molecular weight excluding hydrogens is 443 g/mol. The van der Waals surface area contributed by atoms with E-state index in [0.29, 0.717) is 0 Å². The molecule has 2 rings (SSSR count). The maximum atomic E-state index is 10.4. The first-order chi connectivity index (χ1) is 12.0. The molecule has 2 aromatic carbocycles. The Bertz CT molecular complexity index is 817. The molecule has 0 amide bonds. The monoisotopic (exact) mass is 454 g/mol. The van der Waals surface area contributed by atoms with Crippen LogP contribution in [0.2, 0.25) is 0 Å². The summed E-state index contributed by atoms with van der Waals surface area (Å²) in [6.45, 7) is 0. The Kier molecular flexibility index (Phi) is 8.88. The molecule has 10 nitrogen and oxygen atoms in total. The van der Waals surface area contributed by atoms with Crippen LogP contribution in [0.25, 0.3) is 0 Å². The van der Waals surface area contributed by atoms with E-state index >= 15 is 0 Å². The zero-order chi connectivity index (χ0) is 20.0. The van der Waals surface area contributed by atoms with Crippen LogP contribution in [0.1, 0.15) is 41.4 Å². The largest absolute Gasteiger partial charge is 0.507 e. The van der Waals surface area contributed by atoms with E-state index in [9.17, 15) is 19.2 Å². The normalized spacial score (nSPS) is 9.19. The van der Waals surface area contributed by atoms with Gasteiger partial charge in [-0.25, -0.2) is 19.2 Å². The Morgan fingerprint density at radius 1 is 0.556 bits per heavy atom. The molecule has 0 heterocycles. The zero-order valence-electron chi connectivity index (χ0n) is 13.3. The van der Waals surface area contributed by atoms with Gasteiger partial charge in [-0.05, 0) is 36.4 Å². The number of benzene rings is 2.